The first-order chi connectivity index (χ1) is 11.7. The van der Waals surface area contributed by atoms with Gasteiger partial charge in [0.1, 0.15) is 0 Å². The number of aromatic nitrogens is 2. The number of rotatable bonds is 6. The van der Waals surface area contributed by atoms with Gasteiger partial charge in [0.05, 0.1) is 11.3 Å². The third kappa shape index (κ3) is 4.43. The number of para-hydroxylation sites is 1. The zero-order chi connectivity index (χ0) is 16.8. The molecular weight excluding hydrogens is 302 g/mol. The van der Waals surface area contributed by atoms with E-state index in [1.165, 1.54) is 32.1 Å². The lowest BCUT2D eigenvalue weighted by atomic mass is 9.86. The van der Waals surface area contributed by atoms with Crippen LogP contribution in [0.15, 0.2) is 28.7 Å². The van der Waals surface area contributed by atoms with E-state index in [1.807, 2.05) is 24.3 Å². The molecule has 1 fully saturated rings. The van der Waals surface area contributed by atoms with Crippen LogP contribution in [0.5, 0.6) is 0 Å². The highest BCUT2D eigenvalue weighted by atomic mass is 16.4. The number of anilines is 1. The largest absolute Gasteiger partial charge is 0.421 e. The Bertz CT molecular complexity index is 675. The van der Waals surface area contributed by atoms with E-state index in [4.69, 9.17) is 4.42 Å². The molecule has 1 aromatic heterocycles. The minimum absolute atomic E-state index is 0.0505. The third-order valence-electron chi connectivity index (χ3n) is 4.70. The number of carbonyl (C=O) groups excluding carboxylic acids is 1. The van der Waals surface area contributed by atoms with Crippen LogP contribution in [0.4, 0.5) is 5.69 Å². The van der Waals surface area contributed by atoms with Gasteiger partial charge in [0.2, 0.25) is 17.7 Å². The summed E-state index contributed by atoms with van der Waals surface area (Å²) in [7, 11) is 0. The second-order valence-electron chi connectivity index (χ2n) is 6.62. The highest BCUT2D eigenvalue weighted by molar-refractivity contribution is 5.94. The SMILES string of the molecule is Cc1nnc(-c2ccccc2NC(=O)CCCC2CCCCC2)o1. The lowest BCUT2D eigenvalue weighted by Crippen LogP contribution is -2.13. The minimum Gasteiger partial charge on any atom is -0.421 e. The summed E-state index contributed by atoms with van der Waals surface area (Å²) in [5, 5.41) is 10.9. The maximum Gasteiger partial charge on any atom is 0.249 e. The molecule has 0 radical (unpaired) electrons. The van der Waals surface area contributed by atoms with E-state index >= 15 is 0 Å². The molecule has 1 saturated carbocycles. The fraction of sp³-hybridized carbons (Fsp3) is 0.526. The van der Waals surface area contributed by atoms with E-state index in [-0.39, 0.29) is 5.91 Å². The maximum absolute atomic E-state index is 12.3. The molecule has 0 bridgehead atoms. The molecule has 5 heteroatoms. The average Bonchev–Trinajstić information content (AvgIpc) is 3.02. The van der Waals surface area contributed by atoms with E-state index in [0.29, 0.717) is 18.2 Å². The van der Waals surface area contributed by atoms with Crippen molar-refractivity contribution in [3.8, 4) is 11.5 Å². The van der Waals surface area contributed by atoms with Crippen LogP contribution < -0.4 is 5.32 Å². The summed E-state index contributed by atoms with van der Waals surface area (Å²) < 4.78 is 5.48. The summed E-state index contributed by atoms with van der Waals surface area (Å²) in [6, 6.07) is 7.54. The number of carbonyl (C=O) groups is 1. The molecule has 1 N–H and O–H groups in total. The Kier molecular flexibility index (Phi) is 5.62. The van der Waals surface area contributed by atoms with Crippen molar-refractivity contribution >= 4 is 11.6 Å². The molecule has 5 nitrogen and oxygen atoms in total. The number of benzene rings is 1. The molecule has 0 unspecified atom stereocenters. The number of hydrogen-bond acceptors (Lipinski definition) is 4. The van der Waals surface area contributed by atoms with E-state index < -0.39 is 0 Å². The molecule has 1 amide bonds. The highest BCUT2D eigenvalue weighted by Gasteiger charge is 2.15. The van der Waals surface area contributed by atoms with Gasteiger partial charge in [-0.1, -0.05) is 44.2 Å². The van der Waals surface area contributed by atoms with Gasteiger partial charge in [0.15, 0.2) is 0 Å². The minimum atomic E-state index is 0.0505. The number of hydrogen-bond donors (Lipinski definition) is 1. The first-order valence-corrected chi connectivity index (χ1v) is 8.92. The smallest absolute Gasteiger partial charge is 0.249 e. The van der Waals surface area contributed by atoms with E-state index in [2.05, 4.69) is 15.5 Å². The van der Waals surface area contributed by atoms with Crippen molar-refractivity contribution in [1.29, 1.82) is 0 Å². The predicted molar refractivity (Wildman–Crippen MR) is 93.5 cm³/mol. The van der Waals surface area contributed by atoms with Crippen molar-refractivity contribution in [2.24, 2.45) is 5.92 Å². The molecule has 3 rings (SSSR count). The number of nitrogens with one attached hydrogen (secondary N) is 1. The first-order valence-electron chi connectivity index (χ1n) is 8.92. The molecule has 0 saturated heterocycles. The predicted octanol–water partition coefficient (Wildman–Crippen LogP) is 4.73. The van der Waals surface area contributed by atoms with Gasteiger partial charge in [0.25, 0.3) is 0 Å². The van der Waals surface area contributed by atoms with Crippen LogP contribution in [0.3, 0.4) is 0 Å². The van der Waals surface area contributed by atoms with Crippen molar-refractivity contribution in [3.05, 3.63) is 30.2 Å². The van der Waals surface area contributed by atoms with Gasteiger partial charge in [-0.15, -0.1) is 10.2 Å². The summed E-state index contributed by atoms with van der Waals surface area (Å²) >= 11 is 0. The number of nitrogens with zero attached hydrogens (tertiary/aromatic N) is 2. The summed E-state index contributed by atoms with van der Waals surface area (Å²) in [6.45, 7) is 1.75. The van der Waals surface area contributed by atoms with Gasteiger partial charge in [-0.3, -0.25) is 4.79 Å². The van der Waals surface area contributed by atoms with Crippen molar-refractivity contribution < 1.29 is 9.21 Å². The molecule has 1 heterocycles. The van der Waals surface area contributed by atoms with Crippen LogP contribution in [0, 0.1) is 12.8 Å². The van der Waals surface area contributed by atoms with Crippen LogP contribution in [0.25, 0.3) is 11.5 Å². The van der Waals surface area contributed by atoms with Gasteiger partial charge < -0.3 is 9.73 Å². The summed E-state index contributed by atoms with van der Waals surface area (Å²) in [6.07, 6.45) is 9.44. The normalized spacial score (nSPS) is 15.4. The van der Waals surface area contributed by atoms with Crippen LogP contribution in [0.2, 0.25) is 0 Å². The number of aryl methyl sites for hydroxylation is 1. The van der Waals surface area contributed by atoms with Gasteiger partial charge in [-0.05, 0) is 30.9 Å². The first kappa shape index (κ1) is 16.7. The summed E-state index contributed by atoms with van der Waals surface area (Å²) in [5.74, 6) is 1.82. The van der Waals surface area contributed by atoms with Crippen molar-refractivity contribution in [2.45, 2.75) is 58.3 Å². The summed E-state index contributed by atoms with van der Waals surface area (Å²) in [4.78, 5) is 12.3. The molecule has 0 spiro atoms. The summed E-state index contributed by atoms with van der Waals surface area (Å²) in [5.41, 5.74) is 1.49. The van der Waals surface area contributed by atoms with Crippen LogP contribution in [0.1, 0.15) is 57.3 Å². The fourth-order valence-corrected chi connectivity index (χ4v) is 3.42. The second kappa shape index (κ2) is 8.08. The van der Waals surface area contributed by atoms with Crippen LogP contribution in [-0.4, -0.2) is 16.1 Å². The Labute approximate surface area is 142 Å². The van der Waals surface area contributed by atoms with Gasteiger partial charge in [0, 0.05) is 13.3 Å². The molecule has 0 atom stereocenters. The van der Waals surface area contributed by atoms with Gasteiger partial charge in [-0.25, -0.2) is 0 Å². The quantitative estimate of drug-likeness (QED) is 0.832. The fourth-order valence-electron chi connectivity index (χ4n) is 3.42. The second-order valence-corrected chi connectivity index (χ2v) is 6.62. The van der Waals surface area contributed by atoms with E-state index in [1.54, 1.807) is 6.92 Å². The molecule has 24 heavy (non-hydrogen) atoms. The third-order valence-corrected chi connectivity index (χ3v) is 4.70. The lowest BCUT2D eigenvalue weighted by Gasteiger charge is -2.21. The Morgan fingerprint density at radius 3 is 2.75 bits per heavy atom. The standard InChI is InChI=1S/C19H25N3O2/c1-14-21-22-19(24-14)16-11-5-6-12-17(16)20-18(23)13-7-10-15-8-3-2-4-9-15/h5-6,11-12,15H,2-4,7-10,13H2,1H3,(H,20,23). The van der Waals surface area contributed by atoms with Gasteiger partial charge >= 0.3 is 0 Å². The monoisotopic (exact) mass is 327 g/mol. The lowest BCUT2D eigenvalue weighted by molar-refractivity contribution is -0.116. The molecule has 1 aliphatic rings. The molecule has 2 aromatic rings. The molecular formula is C19H25N3O2. The Balaban J connectivity index is 1.54. The Hall–Kier alpha value is -2.17. The highest BCUT2D eigenvalue weighted by Crippen LogP contribution is 2.29. The molecule has 1 aliphatic carbocycles. The van der Waals surface area contributed by atoms with Crippen LogP contribution >= 0.6 is 0 Å². The van der Waals surface area contributed by atoms with Crippen LogP contribution in [-0.2, 0) is 4.79 Å². The zero-order valence-electron chi connectivity index (χ0n) is 14.3. The topological polar surface area (TPSA) is 68.0 Å². The van der Waals surface area contributed by atoms with Crippen molar-refractivity contribution in [1.82, 2.24) is 10.2 Å². The molecule has 128 valence electrons. The molecule has 1 aromatic carbocycles. The molecule has 0 aliphatic heterocycles. The van der Waals surface area contributed by atoms with E-state index in [9.17, 15) is 4.79 Å². The number of amides is 1. The van der Waals surface area contributed by atoms with Crippen molar-refractivity contribution in [2.75, 3.05) is 5.32 Å². The Morgan fingerprint density at radius 1 is 1.21 bits per heavy atom. The van der Waals surface area contributed by atoms with Crippen molar-refractivity contribution in [3.63, 3.8) is 0 Å². The average molecular weight is 327 g/mol. The maximum atomic E-state index is 12.3. The van der Waals surface area contributed by atoms with E-state index in [0.717, 1.165) is 30.0 Å². The van der Waals surface area contributed by atoms with Gasteiger partial charge in [-0.2, -0.15) is 0 Å². The Morgan fingerprint density at radius 2 is 2.00 bits per heavy atom. The zero-order valence-corrected chi connectivity index (χ0v) is 14.3.